The highest BCUT2D eigenvalue weighted by atomic mass is 16.4. The van der Waals surface area contributed by atoms with Crippen molar-refractivity contribution >= 4 is 5.97 Å². The van der Waals surface area contributed by atoms with Crippen LogP contribution in [0.15, 0.2) is 29.8 Å². The van der Waals surface area contributed by atoms with Gasteiger partial charge in [0.05, 0.1) is 0 Å². The molecule has 26 heavy (non-hydrogen) atoms. The predicted octanol–water partition coefficient (Wildman–Crippen LogP) is 6.34. The molecule has 1 aromatic rings. The molecule has 0 aliphatic heterocycles. The number of allylic oxidation sites excluding steroid dienone is 1. The lowest BCUT2D eigenvalue weighted by atomic mass is 9.60. The van der Waals surface area contributed by atoms with Crippen molar-refractivity contribution in [2.24, 2.45) is 5.41 Å². The lowest BCUT2D eigenvalue weighted by Gasteiger charge is -2.44. The molecule has 2 aliphatic rings. The van der Waals surface area contributed by atoms with Crippen molar-refractivity contribution in [1.82, 2.24) is 0 Å². The summed E-state index contributed by atoms with van der Waals surface area (Å²) >= 11 is 0. The minimum absolute atomic E-state index is 0.112. The summed E-state index contributed by atoms with van der Waals surface area (Å²) in [7, 11) is 0. The summed E-state index contributed by atoms with van der Waals surface area (Å²) in [5, 5.41) is 9.26. The average molecular weight is 355 g/mol. The number of carboxylic acids is 1. The topological polar surface area (TPSA) is 37.3 Å². The normalized spacial score (nSPS) is 27.8. The van der Waals surface area contributed by atoms with Crippen LogP contribution in [0.2, 0.25) is 0 Å². The molecule has 0 saturated heterocycles. The zero-order valence-corrected chi connectivity index (χ0v) is 17.3. The summed E-state index contributed by atoms with van der Waals surface area (Å²) in [4.78, 5) is 11.3. The van der Waals surface area contributed by atoms with Crippen LogP contribution in [0.3, 0.4) is 0 Å². The van der Waals surface area contributed by atoms with Gasteiger partial charge >= 0.3 is 5.97 Å². The lowest BCUT2D eigenvalue weighted by molar-refractivity contribution is -0.131. The van der Waals surface area contributed by atoms with Gasteiger partial charge in [-0.3, -0.25) is 0 Å². The van der Waals surface area contributed by atoms with E-state index in [1.807, 2.05) is 0 Å². The molecule has 142 valence electrons. The Morgan fingerprint density at radius 3 is 2.27 bits per heavy atom. The molecule has 0 heterocycles. The molecule has 0 aromatic heterocycles. The highest BCUT2D eigenvalue weighted by Crippen LogP contribution is 2.52. The number of carboxylic acid groups (broad SMARTS) is 1. The number of benzene rings is 1. The van der Waals surface area contributed by atoms with Crippen molar-refractivity contribution in [2.75, 3.05) is 0 Å². The molecule has 0 unspecified atom stereocenters. The van der Waals surface area contributed by atoms with E-state index in [1.165, 1.54) is 35.6 Å². The van der Waals surface area contributed by atoms with Gasteiger partial charge in [-0.1, -0.05) is 65.3 Å². The summed E-state index contributed by atoms with van der Waals surface area (Å²) < 4.78 is 0. The SMILES string of the molecule is CC1(C)CCC(C)(C)c2cc([C@H]3CCCC(=CC(=O)O)C3(C)C)ccc21. The van der Waals surface area contributed by atoms with Gasteiger partial charge in [0.2, 0.25) is 0 Å². The zero-order chi connectivity index (χ0) is 19.3. The van der Waals surface area contributed by atoms with Gasteiger partial charge in [-0.05, 0) is 71.0 Å². The molecular formula is C24H34O2. The van der Waals surface area contributed by atoms with E-state index < -0.39 is 5.97 Å². The van der Waals surface area contributed by atoms with Crippen molar-refractivity contribution in [2.45, 2.75) is 90.4 Å². The van der Waals surface area contributed by atoms with Gasteiger partial charge in [0.15, 0.2) is 0 Å². The molecule has 1 N–H and O–H groups in total. The van der Waals surface area contributed by atoms with Crippen molar-refractivity contribution in [3.63, 3.8) is 0 Å². The van der Waals surface area contributed by atoms with E-state index in [2.05, 4.69) is 59.7 Å². The monoisotopic (exact) mass is 354 g/mol. The maximum atomic E-state index is 11.3. The first-order chi connectivity index (χ1) is 11.9. The van der Waals surface area contributed by atoms with Gasteiger partial charge < -0.3 is 5.11 Å². The van der Waals surface area contributed by atoms with Crippen LogP contribution in [0, 0.1) is 5.41 Å². The summed E-state index contributed by atoms with van der Waals surface area (Å²) in [5.74, 6) is -0.435. The van der Waals surface area contributed by atoms with E-state index in [1.54, 1.807) is 0 Å². The van der Waals surface area contributed by atoms with E-state index in [0.29, 0.717) is 5.92 Å². The first-order valence-corrected chi connectivity index (χ1v) is 10.0. The Morgan fingerprint density at radius 2 is 1.65 bits per heavy atom. The van der Waals surface area contributed by atoms with Gasteiger partial charge in [0.25, 0.3) is 0 Å². The van der Waals surface area contributed by atoms with E-state index in [9.17, 15) is 9.90 Å². The second-order valence-corrected chi connectivity index (χ2v) is 10.2. The molecule has 1 aromatic carbocycles. The molecule has 1 atom stereocenters. The van der Waals surface area contributed by atoms with Crippen LogP contribution in [-0.2, 0) is 15.6 Å². The molecule has 2 heteroatoms. The third-order valence-corrected chi connectivity index (χ3v) is 7.21. The second-order valence-electron chi connectivity index (χ2n) is 10.2. The Labute approximate surface area is 158 Å². The Bertz CT molecular complexity index is 749. The first kappa shape index (κ1) is 19.2. The van der Waals surface area contributed by atoms with Crippen LogP contribution < -0.4 is 0 Å². The Morgan fingerprint density at radius 1 is 1.04 bits per heavy atom. The highest BCUT2D eigenvalue weighted by Gasteiger charge is 2.40. The Hall–Kier alpha value is -1.57. The highest BCUT2D eigenvalue weighted by molar-refractivity contribution is 5.81. The average Bonchev–Trinajstić information content (AvgIpc) is 2.53. The minimum atomic E-state index is -0.818. The van der Waals surface area contributed by atoms with Gasteiger partial charge in [-0.15, -0.1) is 0 Å². The first-order valence-electron chi connectivity index (χ1n) is 10.0. The van der Waals surface area contributed by atoms with Crippen LogP contribution in [0.1, 0.15) is 96.3 Å². The lowest BCUT2D eigenvalue weighted by Crippen LogP contribution is -2.35. The van der Waals surface area contributed by atoms with Gasteiger partial charge in [-0.2, -0.15) is 0 Å². The summed E-state index contributed by atoms with van der Waals surface area (Å²) in [6, 6.07) is 7.13. The van der Waals surface area contributed by atoms with E-state index in [-0.39, 0.29) is 16.2 Å². The number of fused-ring (bicyclic) bond motifs is 1. The maximum absolute atomic E-state index is 11.3. The minimum Gasteiger partial charge on any atom is -0.478 e. The predicted molar refractivity (Wildman–Crippen MR) is 108 cm³/mol. The summed E-state index contributed by atoms with van der Waals surface area (Å²) in [6.07, 6.45) is 7.00. The summed E-state index contributed by atoms with van der Waals surface area (Å²) in [6.45, 7) is 13.9. The Kier molecular flexibility index (Phi) is 4.61. The van der Waals surface area contributed by atoms with Crippen LogP contribution in [-0.4, -0.2) is 11.1 Å². The summed E-state index contributed by atoms with van der Waals surface area (Å²) in [5.41, 5.74) is 5.79. The van der Waals surface area contributed by atoms with Crippen LogP contribution >= 0.6 is 0 Å². The van der Waals surface area contributed by atoms with Crippen molar-refractivity contribution in [3.05, 3.63) is 46.5 Å². The molecule has 1 fully saturated rings. The fraction of sp³-hybridized carbons (Fsp3) is 0.625. The van der Waals surface area contributed by atoms with Crippen LogP contribution in [0.4, 0.5) is 0 Å². The van der Waals surface area contributed by atoms with Crippen molar-refractivity contribution in [1.29, 1.82) is 0 Å². The van der Waals surface area contributed by atoms with Crippen LogP contribution in [0.5, 0.6) is 0 Å². The number of hydrogen-bond donors (Lipinski definition) is 1. The standard InChI is InChI=1S/C24H34O2/c1-22(2)12-13-23(3,4)20-14-16(10-11-19(20)22)18-9-7-8-17(15-21(25)26)24(18,5)6/h10-11,14-15,18H,7-9,12-13H2,1-6H3,(H,25,26)/t18-/m1/s1. The molecular weight excluding hydrogens is 320 g/mol. The van der Waals surface area contributed by atoms with E-state index in [4.69, 9.17) is 0 Å². The number of carbonyl (C=O) groups is 1. The molecule has 2 nitrogen and oxygen atoms in total. The third-order valence-electron chi connectivity index (χ3n) is 7.21. The molecule has 0 amide bonds. The van der Waals surface area contributed by atoms with Gasteiger partial charge in [0.1, 0.15) is 0 Å². The largest absolute Gasteiger partial charge is 0.478 e. The molecule has 3 rings (SSSR count). The van der Waals surface area contributed by atoms with E-state index in [0.717, 1.165) is 24.8 Å². The number of aliphatic carboxylic acids is 1. The second kappa shape index (κ2) is 6.25. The third kappa shape index (κ3) is 3.23. The van der Waals surface area contributed by atoms with E-state index >= 15 is 0 Å². The molecule has 0 bridgehead atoms. The number of rotatable bonds is 2. The number of hydrogen-bond acceptors (Lipinski definition) is 1. The molecule has 2 aliphatic carbocycles. The molecule has 0 radical (unpaired) electrons. The van der Waals surface area contributed by atoms with Crippen LogP contribution in [0.25, 0.3) is 0 Å². The van der Waals surface area contributed by atoms with Crippen molar-refractivity contribution in [3.8, 4) is 0 Å². The zero-order valence-electron chi connectivity index (χ0n) is 17.3. The smallest absolute Gasteiger partial charge is 0.328 e. The molecule has 1 saturated carbocycles. The maximum Gasteiger partial charge on any atom is 0.328 e. The fourth-order valence-corrected chi connectivity index (χ4v) is 5.22. The molecule has 0 spiro atoms. The fourth-order valence-electron chi connectivity index (χ4n) is 5.22. The van der Waals surface area contributed by atoms with Gasteiger partial charge in [0, 0.05) is 6.08 Å². The van der Waals surface area contributed by atoms with Gasteiger partial charge in [-0.25, -0.2) is 4.79 Å². The quantitative estimate of drug-likeness (QED) is 0.629. The van der Waals surface area contributed by atoms with Crippen molar-refractivity contribution < 1.29 is 9.90 Å². The Balaban J connectivity index is 2.07.